The maximum Gasteiger partial charge on any atom is 0.264 e. The van der Waals surface area contributed by atoms with Crippen molar-refractivity contribution in [2.75, 3.05) is 21.2 Å². The second kappa shape index (κ2) is 8.67. The van der Waals surface area contributed by atoms with Crippen LogP contribution in [-0.4, -0.2) is 32.0 Å². The molecule has 0 aliphatic carbocycles. The number of carbonyl (C=O) groups excluding carboxylic acids is 1. The highest BCUT2D eigenvalue weighted by Crippen LogP contribution is 2.29. The summed E-state index contributed by atoms with van der Waals surface area (Å²) in [7, 11) is 4.67. The van der Waals surface area contributed by atoms with E-state index in [9.17, 15) is 9.18 Å². The summed E-state index contributed by atoms with van der Waals surface area (Å²) in [4.78, 5) is 13.3. The van der Waals surface area contributed by atoms with E-state index in [1.54, 1.807) is 44.4 Å². The van der Waals surface area contributed by atoms with Crippen LogP contribution in [0.15, 0.2) is 48.0 Å². The molecule has 5 nitrogen and oxygen atoms in total. The summed E-state index contributed by atoms with van der Waals surface area (Å²) in [6, 6.07) is 13.0. The Bertz CT molecular complexity index is 852. The first-order valence-electron chi connectivity index (χ1n) is 7.83. The Morgan fingerprint density at radius 1 is 1.19 bits per heavy atom. The van der Waals surface area contributed by atoms with Crippen LogP contribution in [0.25, 0.3) is 6.08 Å². The first-order valence-corrected chi connectivity index (χ1v) is 7.83. The molecule has 26 heavy (non-hydrogen) atoms. The molecular formula is C20H19FN2O3. The molecule has 2 aromatic carbocycles. The first-order chi connectivity index (χ1) is 12.4. The van der Waals surface area contributed by atoms with Crippen LogP contribution in [-0.2, 0) is 11.4 Å². The van der Waals surface area contributed by atoms with Crippen molar-refractivity contribution in [1.29, 1.82) is 5.26 Å². The second-order valence-electron chi connectivity index (χ2n) is 5.69. The molecule has 0 fully saturated rings. The second-order valence-corrected chi connectivity index (χ2v) is 5.69. The highest BCUT2D eigenvalue weighted by atomic mass is 19.1. The van der Waals surface area contributed by atoms with Crippen LogP contribution in [0.5, 0.6) is 11.5 Å². The van der Waals surface area contributed by atoms with E-state index in [-0.39, 0.29) is 23.9 Å². The molecule has 134 valence electrons. The summed E-state index contributed by atoms with van der Waals surface area (Å²) in [6.07, 6.45) is 1.49. The van der Waals surface area contributed by atoms with Crippen molar-refractivity contribution in [2.24, 2.45) is 0 Å². The molecule has 0 bridgehead atoms. The Hall–Kier alpha value is -3.33. The maximum atomic E-state index is 12.9. The number of hydrogen-bond acceptors (Lipinski definition) is 4. The topological polar surface area (TPSA) is 62.6 Å². The number of nitriles is 1. The van der Waals surface area contributed by atoms with Gasteiger partial charge < -0.3 is 14.4 Å². The molecule has 0 heterocycles. The van der Waals surface area contributed by atoms with Crippen LogP contribution < -0.4 is 9.47 Å². The molecule has 0 aromatic heterocycles. The number of hydrogen-bond donors (Lipinski definition) is 0. The van der Waals surface area contributed by atoms with E-state index in [4.69, 9.17) is 14.7 Å². The molecule has 0 saturated heterocycles. The summed E-state index contributed by atoms with van der Waals surface area (Å²) in [5.74, 6) is 0.299. The van der Waals surface area contributed by atoms with Gasteiger partial charge in [-0.2, -0.15) is 5.26 Å². The van der Waals surface area contributed by atoms with E-state index in [0.717, 1.165) is 5.56 Å². The van der Waals surface area contributed by atoms with Crippen LogP contribution in [0, 0.1) is 17.1 Å². The van der Waals surface area contributed by atoms with Gasteiger partial charge in [0.2, 0.25) is 0 Å². The normalized spacial score (nSPS) is 10.8. The molecule has 0 saturated carbocycles. The van der Waals surface area contributed by atoms with Crippen molar-refractivity contribution in [2.45, 2.75) is 6.61 Å². The van der Waals surface area contributed by atoms with E-state index in [1.807, 2.05) is 6.07 Å². The van der Waals surface area contributed by atoms with Crippen LogP contribution >= 0.6 is 0 Å². The van der Waals surface area contributed by atoms with Crippen LogP contribution in [0.1, 0.15) is 11.1 Å². The Labute approximate surface area is 151 Å². The lowest BCUT2D eigenvalue weighted by Gasteiger charge is -2.12. The number of likely N-dealkylation sites (N-methyl/N-ethyl adjacent to an activating group) is 1. The minimum absolute atomic E-state index is 0.0250. The van der Waals surface area contributed by atoms with E-state index < -0.39 is 0 Å². The van der Waals surface area contributed by atoms with Gasteiger partial charge in [0.15, 0.2) is 11.5 Å². The molecular weight excluding hydrogens is 335 g/mol. The van der Waals surface area contributed by atoms with Gasteiger partial charge >= 0.3 is 0 Å². The Balaban J connectivity index is 2.20. The predicted molar refractivity (Wildman–Crippen MR) is 96.0 cm³/mol. The number of methoxy groups -OCH3 is 1. The standard InChI is InChI=1S/C20H19FN2O3/c1-23(2)20(24)16(12-22)10-15-6-9-18(19(11-15)25-3)26-13-14-4-7-17(21)8-5-14/h4-11H,13H2,1-3H3/b16-10-. The van der Waals surface area contributed by atoms with Gasteiger partial charge in [0.1, 0.15) is 24.1 Å². The largest absolute Gasteiger partial charge is 0.493 e. The SMILES string of the molecule is COc1cc(/C=C(/C#N)C(=O)N(C)C)ccc1OCc1ccc(F)cc1. The molecule has 0 N–H and O–H groups in total. The van der Waals surface area contributed by atoms with Crippen LogP contribution in [0.3, 0.4) is 0 Å². The average Bonchev–Trinajstić information content (AvgIpc) is 2.65. The van der Waals surface area contributed by atoms with Crippen LogP contribution in [0.4, 0.5) is 4.39 Å². The van der Waals surface area contributed by atoms with Crippen molar-refractivity contribution in [3.8, 4) is 17.6 Å². The molecule has 6 heteroatoms. The van der Waals surface area contributed by atoms with Crippen LogP contribution in [0.2, 0.25) is 0 Å². The molecule has 0 aliphatic rings. The quantitative estimate of drug-likeness (QED) is 0.589. The monoisotopic (exact) mass is 354 g/mol. The van der Waals surface area contributed by atoms with E-state index in [1.165, 1.54) is 30.2 Å². The average molecular weight is 354 g/mol. The van der Waals surface area contributed by atoms with Gasteiger partial charge in [-0.05, 0) is 41.5 Å². The summed E-state index contributed by atoms with van der Waals surface area (Å²) in [5.41, 5.74) is 1.49. The third-order valence-electron chi connectivity index (χ3n) is 3.56. The third-order valence-corrected chi connectivity index (χ3v) is 3.56. The van der Waals surface area contributed by atoms with E-state index in [2.05, 4.69) is 0 Å². The van der Waals surface area contributed by atoms with Crippen molar-refractivity contribution in [3.63, 3.8) is 0 Å². The molecule has 0 spiro atoms. The number of amides is 1. The zero-order chi connectivity index (χ0) is 19.1. The summed E-state index contributed by atoms with van der Waals surface area (Å²) in [6.45, 7) is 0.258. The maximum absolute atomic E-state index is 12.9. The number of carbonyl (C=O) groups is 1. The zero-order valence-electron chi connectivity index (χ0n) is 14.8. The number of rotatable bonds is 6. The molecule has 2 aromatic rings. The summed E-state index contributed by atoms with van der Waals surface area (Å²) >= 11 is 0. The number of nitrogens with zero attached hydrogens (tertiary/aromatic N) is 2. The lowest BCUT2D eigenvalue weighted by atomic mass is 10.1. The first kappa shape index (κ1) is 19.0. The fourth-order valence-corrected chi connectivity index (χ4v) is 2.18. The Kier molecular flexibility index (Phi) is 6.34. The zero-order valence-corrected chi connectivity index (χ0v) is 14.8. The molecule has 0 unspecified atom stereocenters. The van der Waals surface area contributed by atoms with Crippen molar-refractivity contribution in [3.05, 3.63) is 65.0 Å². The Morgan fingerprint density at radius 2 is 1.88 bits per heavy atom. The van der Waals surface area contributed by atoms with Gasteiger partial charge in [0, 0.05) is 14.1 Å². The molecule has 0 radical (unpaired) electrons. The summed E-state index contributed by atoms with van der Waals surface area (Å²) in [5, 5.41) is 9.17. The summed E-state index contributed by atoms with van der Waals surface area (Å²) < 4.78 is 24.0. The third kappa shape index (κ3) is 4.84. The van der Waals surface area contributed by atoms with Gasteiger partial charge in [-0.25, -0.2) is 4.39 Å². The van der Waals surface area contributed by atoms with Crippen molar-refractivity contribution in [1.82, 2.24) is 4.90 Å². The Morgan fingerprint density at radius 3 is 2.46 bits per heavy atom. The highest BCUT2D eigenvalue weighted by Gasteiger charge is 2.12. The smallest absolute Gasteiger partial charge is 0.264 e. The fraction of sp³-hybridized carbons (Fsp3) is 0.200. The van der Waals surface area contributed by atoms with E-state index in [0.29, 0.717) is 17.1 Å². The van der Waals surface area contributed by atoms with Crippen molar-refractivity contribution >= 4 is 12.0 Å². The number of halogens is 1. The van der Waals surface area contributed by atoms with Gasteiger partial charge in [-0.1, -0.05) is 18.2 Å². The lowest BCUT2D eigenvalue weighted by molar-refractivity contribution is -0.124. The molecule has 2 rings (SSSR count). The van der Waals surface area contributed by atoms with Gasteiger partial charge in [-0.15, -0.1) is 0 Å². The minimum atomic E-state index is -0.372. The lowest BCUT2D eigenvalue weighted by Crippen LogP contribution is -2.22. The van der Waals surface area contributed by atoms with E-state index >= 15 is 0 Å². The number of ether oxygens (including phenoxy) is 2. The van der Waals surface area contributed by atoms with Crippen molar-refractivity contribution < 1.29 is 18.7 Å². The highest BCUT2D eigenvalue weighted by molar-refractivity contribution is 6.01. The number of benzene rings is 2. The molecule has 1 amide bonds. The molecule has 0 aliphatic heterocycles. The predicted octanol–water partition coefficient (Wildman–Crippen LogP) is 3.41. The van der Waals surface area contributed by atoms with Gasteiger partial charge in [-0.3, -0.25) is 4.79 Å². The van der Waals surface area contributed by atoms with Gasteiger partial charge in [0.05, 0.1) is 7.11 Å². The molecule has 0 atom stereocenters. The minimum Gasteiger partial charge on any atom is -0.493 e. The fourth-order valence-electron chi connectivity index (χ4n) is 2.18. The van der Waals surface area contributed by atoms with Gasteiger partial charge in [0.25, 0.3) is 5.91 Å².